The molecule has 0 aromatic heterocycles. The van der Waals surface area contributed by atoms with Crippen LogP contribution in [0.1, 0.15) is 79.1 Å². The molecule has 0 amide bonds. The monoisotopic (exact) mass is 222 g/mol. The molecule has 94 valence electrons. The van der Waals surface area contributed by atoms with Crippen LogP contribution in [-0.2, 0) is 0 Å². The van der Waals surface area contributed by atoms with Crippen LogP contribution in [0.3, 0.4) is 0 Å². The molecule has 0 aromatic rings. The van der Waals surface area contributed by atoms with Crippen LogP contribution in [-0.4, -0.2) is 0 Å². The maximum absolute atomic E-state index is 2.37. The van der Waals surface area contributed by atoms with Gasteiger partial charge in [-0.05, 0) is 33.6 Å². The molecule has 0 heterocycles. The molecule has 0 aliphatic carbocycles. The largest absolute Gasteiger partial charge is 0.0816 e. The number of hydrogen-bond donors (Lipinski definition) is 0. The normalized spacial score (nSPS) is 11.6. The summed E-state index contributed by atoms with van der Waals surface area (Å²) in [7, 11) is 0. The molecule has 16 heavy (non-hydrogen) atoms. The Morgan fingerprint density at radius 2 is 1.38 bits per heavy atom. The Hall–Kier alpha value is -0.520. The summed E-state index contributed by atoms with van der Waals surface area (Å²) in [6, 6.07) is 0. The first kappa shape index (κ1) is 15.5. The van der Waals surface area contributed by atoms with Gasteiger partial charge in [0.1, 0.15) is 0 Å². The number of rotatable bonds is 9. The molecule has 0 spiro atoms. The van der Waals surface area contributed by atoms with Gasteiger partial charge in [-0.2, -0.15) is 0 Å². The highest BCUT2D eigenvalue weighted by Crippen LogP contribution is 2.10. The molecule has 0 unspecified atom stereocenters. The van der Waals surface area contributed by atoms with E-state index in [1.165, 1.54) is 62.5 Å². The fraction of sp³-hybridized carbons (Fsp3) is 0.750. The van der Waals surface area contributed by atoms with Gasteiger partial charge in [-0.15, -0.1) is 0 Å². The van der Waals surface area contributed by atoms with Crippen LogP contribution < -0.4 is 0 Å². The third-order valence-electron chi connectivity index (χ3n) is 2.79. The second-order valence-electron chi connectivity index (χ2n) is 5.08. The first-order valence-electron chi connectivity index (χ1n) is 6.98. The summed E-state index contributed by atoms with van der Waals surface area (Å²) in [5.74, 6) is 0. The second kappa shape index (κ2) is 11.0. The lowest BCUT2D eigenvalue weighted by atomic mass is 10.1. The molecule has 0 atom stereocenters. The molecule has 0 fully saturated rings. The van der Waals surface area contributed by atoms with E-state index < -0.39 is 0 Å². The lowest BCUT2D eigenvalue weighted by Crippen LogP contribution is -1.80. The van der Waals surface area contributed by atoms with E-state index in [0.29, 0.717) is 0 Å². The average molecular weight is 222 g/mol. The zero-order chi connectivity index (χ0) is 12.2. The first-order valence-corrected chi connectivity index (χ1v) is 6.98. The van der Waals surface area contributed by atoms with Crippen LogP contribution in [0.2, 0.25) is 0 Å². The molecular weight excluding hydrogens is 192 g/mol. The van der Waals surface area contributed by atoms with Crippen molar-refractivity contribution in [2.75, 3.05) is 0 Å². The van der Waals surface area contributed by atoms with Crippen molar-refractivity contribution in [1.82, 2.24) is 0 Å². The summed E-state index contributed by atoms with van der Waals surface area (Å²) in [5.41, 5.74) is 2.82. The van der Waals surface area contributed by atoms with Gasteiger partial charge >= 0.3 is 0 Å². The van der Waals surface area contributed by atoms with Gasteiger partial charge in [0, 0.05) is 0 Å². The summed E-state index contributed by atoms with van der Waals surface area (Å²) < 4.78 is 0. The van der Waals surface area contributed by atoms with Gasteiger partial charge in [0.15, 0.2) is 0 Å². The second-order valence-corrected chi connectivity index (χ2v) is 5.08. The Morgan fingerprint density at radius 3 is 1.94 bits per heavy atom. The Labute approximate surface area is 103 Å². The van der Waals surface area contributed by atoms with Crippen molar-refractivity contribution in [1.29, 1.82) is 0 Å². The van der Waals surface area contributed by atoms with Crippen LogP contribution in [0.25, 0.3) is 0 Å². The van der Waals surface area contributed by atoms with Gasteiger partial charge in [0.05, 0.1) is 0 Å². The standard InChI is InChI=1S/C16H30/c1-5-6-7-8-9-10-11-12-13-16(4)14-15(2)3/h13-14H,5-12H2,1-4H3. The minimum absolute atomic E-state index is 1.25. The average Bonchev–Trinajstić information content (AvgIpc) is 2.21. The SMILES string of the molecule is CCCCCCCCCC=C(C)C=C(C)C. The zero-order valence-corrected chi connectivity index (χ0v) is 11.8. The number of hydrogen-bond acceptors (Lipinski definition) is 0. The maximum atomic E-state index is 2.37. The van der Waals surface area contributed by atoms with Crippen molar-refractivity contribution in [3.8, 4) is 0 Å². The highest BCUT2D eigenvalue weighted by Gasteiger charge is 1.90. The molecule has 0 heteroatoms. The van der Waals surface area contributed by atoms with E-state index in [9.17, 15) is 0 Å². The summed E-state index contributed by atoms with van der Waals surface area (Å²) in [6.07, 6.45) is 15.7. The molecule has 0 radical (unpaired) electrons. The van der Waals surface area contributed by atoms with Crippen LogP contribution in [0, 0.1) is 0 Å². The summed E-state index contributed by atoms with van der Waals surface area (Å²) in [5, 5.41) is 0. The van der Waals surface area contributed by atoms with Crippen LogP contribution in [0.5, 0.6) is 0 Å². The van der Waals surface area contributed by atoms with E-state index in [2.05, 4.69) is 39.8 Å². The highest BCUT2D eigenvalue weighted by molar-refractivity contribution is 5.19. The van der Waals surface area contributed by atoms with Gasteiger partial charge in [-0.25, -0.2) is 0 Å². The van der Waals surface area contributed by atoms with E-state index in [4.69, 9.17) is 0 Å². The number of unbranched alkanes of at least 4 members (excludes halogenated alkanes) is 7. The van der Waals surface area contributed by atoms with E-state index in [1.54, 1.807) is 0 Å². The maximum Gasteiger partial charge on any atom is -0.0345 e. The number of allylic oxidation sites excluding steroid dienone is 4. The van der Waals surface area contributed by atoms with E-state index >= 15 is 0 Å². The van der Waals surface area contributed by atoms with E-state index in [1.807, 2.05) is 0 Å². The van der Waals surface area contributed by atoms with Gasteiger partial charge in [-0.3, -0.25) is 0 Å². The predicted octanol–water partition coefficient (Wildman–Crippen LogP) is 6.04. The summed E-state index contributed by atoms with van der Waals surface area (Å²) >= 11 is 0. The quantitative estimate of drug-likeness (QED) is 0.329. The first-order chi connectivity index (χ1) is 7.66. The van der Waals surface area contributed by atoms with Crippen molar-refractivity contribution >= 4 is 0 Å². The molecule has 0 rings (SSSR count). The summed E-state index contributed by atoms with van der Waals surface area (Å²) in [4.78, 5) is 0. The van der Waals surface area contributed by atoms with E-state index in [0.717, 1.165) is 0 Å². The summed E-state index contributed by atoms with van der Waals surface area (Å²) in [6.45, 7) is 8.79. The van der Waals surface area contributed by atoms with Crippen molar-refractivity contribution < 1.29 is 0 Å². The molecule has 0 aliphatic heterocycles. The molecule has 0 bridgehead atoms. The lowest BCUT2D eigenvalue weighted by molar-refractivity contribution is 0.592. The van der Waals surface area contributed by atoms with Gasteiger partial charge < -0.3 is 0 Å². The van der Waals surface area contributed by atoms with Crippen molar-refractivity contribution in [3.63, 3.8) is 0 Å². The smallest absolute Gasteiger partial charge is 0.0345 e. The highest BCUT2D eigenvalue weighted by atomic mass is 14.0. The molecule has 0 aliphatic rings. The Kier molecular flexibility index (Phi) is 10.6. The lowest BCUT2D eigenvalue weighted by Gasteiger charge is -1.99. The van der Waals surface area contributed by atoms with Crippen molar-refractivity contribution in [3.05, 3.63) is 23.3 Å². The van der Waals surface area contributed by atoms with Gasteiger partial charge in [0.25, 0.3) is 0 Å². The molecule has 0 N–H and O–H groups in total. The Morgan fingerprint density at radius 1 is 0.812 bits per heavy atom. The van der Waals surface area contributed by atoms with Gasteiger partial charge in [-0.1, -0.05) is 68.7 Å². The third-order valence-corrected chi connectivity index (χ3v) is 2.79. The molecule has 0 aromatic carbocycles. The minimum atomic E-state index is 1.25. The fourth-order valence-electron chi connectivity index (χ4n) is 1.95. The molecule has 0 saturated heterocycles. The van der Waals surface area contributed by atoms with Crippen molar-refractivity contribution in [2.24, 2.45) is 0 Å². The molecule has 0 saturated carbocycles. The van der Waals surface area contributed by atoms with Gasteiger partial charge in [0.2, 0.25) is 0 Å². The Bertz CT molecular complexity index is 204. The predicted molar refractivity (Wildman–Crippen MR) is 75.8 cm³/mol. The zero-order valence-electron chi connectivity index (χ0n) is 11.8. The minimum Gasteiger partial charge on any atom is -0.0816 e. The van der Waals surface area contributed by atoms with Crippen LogP contribution in [0.15, 0.2) is 23.3 Å². The molecular formula is C16H30. The molecule has 0 nitrogen and oxygen atoms in total. The van der Waals surface area contributed by atoms with Crippen molar-refractivity contribution in [2.45, 2.75) is 79.1 Å². The van der Waals surface area contributed by atoms with Crippen LogP contribution >= 0.6 is 0 Å². The van der Waals surface area contributed by atoms with Crippen LogP contribution in [0.4, 0.5) is 0 Å². The fourth-order valence-corrected chi connectivity index (χ4v) is 1.95. The topological polar surface area (TPSA) is 0 Å². The third kappa shape index (κ3) is 11.6. The Balaban J connectivity index is 3.36. The van der Waals surface area contributed by atoms with E-state index in [-0.39, 0.29) is 0 Å².